The minimum Gasteiger partial charge on any atom is -0.484 e. The van der Waals surface area contributed by atoms with Crippen LogP contribution in [-0.2, 0) is 14.8 Å². The second-order valence-electron chi connectivity index (χ2n) is 7.03. The normalized spacial score (nSPS) is 16.1. The highest BCUT2D eigenvalue weighted by atomic mass is 32.2. The Balaban J connectivity index is 1.58. The van der Waals surface area contributed by atoms with Crippen molar-refractivity contribution in [3.8, 4) is 5.75 Å². The van der Waals surface area contributed by atoms with Crippen molar-refractivity contribution in [3.05, 3.63) is 54.3 Å². The molecule has 0 unspecified atom stereocenters. The predicted molar refractivity (Wildman–Crippen MR) is 105 cm³/mol. The Bertz CT molecular complexity index is 1040. The Hall–Kier alpha value is -2.66. The Morgan fingerprint density at radius 1 is 1.10 bits per heavy atom. The molecule has 1 saturated heterocycles. The molecule has 1 fully saturated rings. The molecule has 2 aromatic carbocycles. The number of sulfonamides is 1. The van der Waals surface area contributed by atoms with Crippen molar-refractivity contribution >= 4 is 21.6 Å². The zero-order valence-electron chi connectivity index (χ0n) is 16.2. The minimum absolute atomic E-state index is 0.0408. The Morgan fingerprint density at radius 3 is 2.42 bits per heavy atom. The molecule has 0 radical (unpaired) electrons. The van der Waals surface area contributed by atoms with E-state index in [1.165, 1.54) is 42.5 Å². The number of hydrogen-bond donors (Lipinski definition) is 1. The first-order valence-corrected chi connectivity index (χ1v) is 10.9. The standard InChI is InChI=1S/C20H20F4N2O4S/c21-17-6-1-2-7-18(17)31(28,29)26-10-8-14(9-11-26)19(27)25-15-4-3-5-16(12-15)30-13-20(22,23)24/h1-7,12,14H,8-11,13H2,(H,25,27). The third-order valence-corrected chi connectivity index (χ3v) is 6.72. The molecular formula is C20H20F4N2O4S. The van der Waals surface area contributed by atoms with E-state index in [0.717, 1.165) is 10.4 Å². The fourth-order valence-electron chi connectivity index (χ4n) is 3.22. The second kappa shape index (κ2) is 9.23. The van der Waals surface area contributed by atoms with Crippen LogP contribution >= 0.6 is 0 Å². The van der Waals surface area contributed by atoms with Crippen LogP contribution in [0.1, 0.15) is 12.8 Å². The number of nitrogens with zero attached hydrogens (tertiary/aromatic N) is 1. The third-order valence-electron chi connectivity index (χ3n) is 4.78. The van der Waals surface area contributed by atoms with Crippen LogP contribution in [0, 0.1) is 11.7 Å². The first-order chi connectivity index (χ1) is 14.6. The molecule has 6 nitrogen and oxygen atoms in total. The van der Waals surface area contributed by atoms with Gasteiger partial charge in [-0.2, -0.15) is 17.5 Å². The van der Waals surface area contributed by atoms with E-state index in [2.05, 4.69) is 10.1 Å². The number of hydrogen-bond acceptors (Lipinski definition) is 4. The van der Waals surface area contributed by atoms with E-state index in [4.69, 9.17) is 0 Å². The van der Waals surface area contributed by atoms with Gasteiger partial charge in [-0.25, -0.2) is 12.8 Å². The maximum absolute atomic E-state index is 13.9. The van der Waals surface area contributed by atoms with Gasteiger partial charge in [0.25, 0.3) is 0 Å². The summed E-state index contributed by atoms with van der Waals surface area (Å²) in [4.78, 5) is 12.1. The first kappa shape index (κ1) is 23.0. The number of anilines is 1. The molecule has 0 bridgehead atoms. The van der Waals surface area contributed by atoms with Gasteiger partial charge in [0.2, 0.25) is 15.9 Å². The van der Waals surface area contributed by atoms with Gasteiger partial charge in [-0.3, -0.25) is 4.79 Å². The van der Waals surface area contributed by atoms with Crippen LogP contribution in [0.3, 0.4) is 0 Å². The molecule has 1 aliphatic rings. The lowest BCUT2D eigenvalue weighted by Gasteiger charge is -2.30. The summed E-state index contributed by atoms with van der Waals surface area (Å²) in [7, 11) is -4.01. The van der Waals surface area contributed by atoms with Crippen LogP contribution in [0.5, 0.6) is 5.75 Å². The van der Waals surface area contributed by atoms with Crippen molar-refractivity contribution in [1.29, 1.82) is 0 Å². The molecule has 3 rings (SSSR count). The maximum atomic E-state index is 13.9. The van der Waals surface area contributed by atoms with Gasteiger partial charge in [0.05, 0.1) is 0 Å². The quantitative estimate of drug-likeness (QED) is 0.666. The van der Waals surface area contributed by atoms with Gasteiger partial charge in [-0.15, -0.1) is 0 Å². The number of carbonyl (C=O) groups excluding carboxylic acids is 1. The fraction of sp³-hybridized carbons (Fsp3) is 0.350. The highest BCUT2D eigenvalue weighted by molar-refractivity contribution is 7.89. The summed E-state index contributed by atoms with van der Waals surface area (Å²) < 4.78 is 81.8. The molecule has 31 heavy (non-hydrogen) atoms. The van der Waals surface area contributed by atoms with E-state index in [0.29, 0.717) is 0 Å². The van der Waals surface area contributed by atoms with E-state index in [9.17, 15) is 30.8 Å². The number of alkyl halides is 3. The number of nitrogens with one attached hydrogen (secondary N) is 1. The molecule has 0 saturated carbocycles. The van der Waals surface area contributed by atoms with Crippen LogP contribution in [0.25, 0.3) is 0 Å². The van der Waals surface area contributed by atoms with E-state index in [1.54, 1.807) is 0 Å². The molecular weight excluding hydrogens is 440 g/mol. The molecule has 168 valence electrons. The Morgan fingerprint density at radius 2 is 1.77 bits per heavy atom. The summed E-state index contributed by atoms with van der Waals surface area (Å²) in [6.45, 7) is -1.35. The van der Waals surface area contributed by atoms with Crippen molar-refractivity contribution in [2.75, 3.05) is 25.0 Å². The number of ether oxygens (including phenoxy) is 1. The number of piperidine rings is 1. The molecule has 1 N–H and O–H groups in total. The molecule has 1 heterocycles. The molecule has 11 heteroatoms. The summed E-state index contributed by atoms with van der Waals surface area (Å²) in [5.74, 6) is -1.75. The van der Waals surface area contributed by atoms with Crippen molar-refractivity contribution in [3.63, 3.8) is 0 Å². The SMILES string of the molecule is O=C(Nc1cccc(OCC(F)(F)F)c1)C1CCN(S(=O)(=O)c2ccccc2F)CC1. The van der Waals surface area contributed by atoms with Gasteiger partial charge >= 0.3 is 6.18 Å². The molecule has 2 aromatic rings. The number of carbonyl (C=O) groups is 1. The summed E-state index contributed by atoms with van der Waals surface area (Å²) in [6, 6.07) is 10.7. The van der Waals surface area contributed by atoms with E-state index >= 15 is 0 Å². The zero-order chi connectivity index (χ0) is 22.6. The largest absolute Gasteiger partial charge is 0.484 e. The average molecular weight is 460 g/mol. The summed E-state index contributed by atoms with van der Waals surface area (Å²) in [5, 5.41) is 2.62. The van der Waals surface area contributed by atoms with Crippen LogP contribution in [-0.4, -0.2) is 44.5 Å². The zero-order valence-corrected chi connectivity index (χ0v) is 17.0. The van der Waals surface area contributed by atoms with Crippen molar-refractivity contribution < 1.29 is 35.5 Å². The fourth-order valence-corrected chi connectivity index (χ4v) is 4.76. The van der Waals surface area contributed by atoms with Crippen LogP contribution in [0.15, 0.2) is 53.4 Å². The minimum atomic E-state index is -4.48. The third kappa shape index (κ3) is 5.95. The van der Waals surface area contributed by atoms with Gasteiger partial charge in [0.1, 0.15) is 16.5 Å². The molecule has 0 aliphatic carbocycles. The molecule has 0 aromatic heterocycles. The topological polar surface area (TPSA) is 75.7 Å². The number of benzene rings is 2. The highest BCUT2D eigenvalue weighted by Gasteiger charge is 2.33. The summed E-state index contributed by atoms with van der Waals surface area (Å²) in [6.07, 6.45) is -4.02. The molecule has 1 amide bonds. The first-order valence-electron chi connectivity index (χ1n) is 9.41. The lowest BCUT2D eigenvalue weighted by atomic mass is 9.97. The molecule has 1 aliphatic heterocycles. The Kier molecular flexibility index (Phi) is 6.85. The molecule has 0 atom stereocenters. The van der Waals surface area contributed by atoms with E-state index in [1.807, 2.05) is 0 Å². The van der Waals surface area contributed by atoms with Gasteiger partial charge in [-0.1, -0.05) is 18.2 Å². The van der Waals surface area contributed by atoms with Crippen molar-refractivity contribution in [1.82, 2.24) is 4.31 Å². The number of amides is 1. The van der Waals surface area contributed by atoms with Crippen LogP contribution in [0.2, 0.25) is 0 Å². The Labute approximate surface area is 176 Å². The average Bonchev–Trinajstić information content (AvgIpc) is 2.72. The van der Waals surface area contributed by atoms with Crippen molar-refractivity contribution in [2.24, 2.45) is 5.92 Å². The van der Waals surface area contributed by atoms with E-state index < -0.39 is 39.4 Å². The van der Waals surface area contributed by atoms with Gasteiger partial charge in [0, 0.05) is 30.8 Å². The summed E-state index contributed by atoms with van der Waals surface area (Å²) in [5.41, 5.74) is 0.270. The second-order valence-corrected chi connectivity index (χ2v) is 8.94. The van der Waals surface area contributed by atoms with Crippen LogP contribution < -0.4 is 10.1 Å². The van der Waals surface area contributed by atoms with E-state index in [-0.39, 0.29) is 43.3 Å². The monoisotopic (exact) mass is 460 g/mol. The van der Waals surface area contributed by atoms with Crippen LogP contribution in [0.4, 0.5) is 23.2 Å². The highest BCUT2D eigenvalue weighted by Crippen LogP contribution is 2.27. The lowest BCUT2D eigenvalue weighted by molar-refractivity contribution is -0.153. The lowest BCUT2D eigenvalue weighted by Crippen LogP contribution is -2.41. The maximum Gasteiger partial charge on any atom is 0.422 e. The predicted octanol–water partition coefficient (Wildman–Crippen LogP) is 3.81. The molecule has 0 spiro atoms. The van der Waals surface area contributed by atoms with Crippen molar-refractivity contribution in [2.45, 2.75) is 23.9 Å². The van der Waals surface area contributed by atoms with Gasteiger partial charge in [0.15, 0.2) is 6.61 Å². The van der Waals surface area contributed by atoms with Gasteiger partial charge in [-0.05, 0) is 37.1 Å². The smallest absolute Gasteiger partial charge is 0.422 e. The number of halogens is 4. The summed E-state index contributed by atoms with van der Waals surface area (Å²) >= 11 is 0. The van der Waals surface area contributed by atoms with Gasteiger partial charge < -0.3 is 10.1 Å². The number of rotatable bonds is 6.